The fraction of sp³-hybridized carbons (Fsp3) is 0.500. The maximum atomic E-state index is 6.18. The largest absolute Gasteiger partial charge is 0.324 e. The van der Waals surface area contributed by atoms with Gasteiger partial charge in [0.15, 0.2) is 0 Å². The van der Waals surface area contributed by atoms with E-state index in [-0.39, 0.29) is 6.04 Å². The second-order valence-corrected chi connectivity index (χ2v) is 5.21. The van der Waals surface area contributed by atoms with Crippen molar-refractivity contribution in [3.63, 3.8) is 0 Å². The third-order valence-corrected chi connectivity index (χ3v) is 3.86. The normalized spacial score (nSPS) is 21.5. The molecule has 1 aliphatic rings. The average Bonchev–Trinajstić information content (AvgIpc) is 2.27. The van der Waals surface area contributed by atoms with E-state index in [9.17, 15) is 0 Å². The molecule has 0 aromatic heterocycles. The van der Waals surface area contributed by atoms with Crippen LogP contribution < -0.4 is 5.73 Å². The molecule has 0 bridgehead atoms. The number of thioether (sulfide) groups is 1. The third kappa shape index (κ3) is 1.82. The highest BCUT2D eigenvalue weighted by atomic mass is 32.2. The van der Waals surface area contributed by atoms with Crippen molar-refractivity contribution in [3.05, 3.63) is 34.4 Å². The Morgan fingerprint density at radius 3 is 2.93 bits per heavy atom. The highest BCUT2D eigenvalue weighted by Gasteiger charge is 2.17. The van der Waals surface area contributed by atoms with Crippen LogP contribution in [0.15, 0.2) is 12.1 Å². The molecule has 1 aliphatic heterocycles. The lowest BCUT2D eigenvalue weighted by atomic mass is 9.93. The zero-order valence-corrected chi connectivity index (χ0v) is 9.66. The van der Waals surface area contributed by atoms with Gasteiger partial charge in [0.25, 0.3) is 0 Å². The SMILES string of the molecule is Cc1cc(C)c2c(c1)CSCC[C@H]2N. The maximum Gasteiger partial charge on any atom is 0.0308 e. The van der Waals surface area contributed by atoms with Gasteiger partial charge in [-0.3, -0.25) is 0 Å². The molecule has 0 radical (unpaired) electrons. The first-order valence-electron chi connectivity index (χ1n) is 5.12. The fourth-order valence-electron chi connectivity index (χ4n) is 2.25. The first-order valence-corrected chi connectivity index (χ1v) is 6.27. The van der Waals surface area contributed by atoms with E-state index in [0.29, 0.717) is 0 Å². The Bertz CT molecular complexity index is 346. The van der Waals surface area contributed by atoms with Gasteiger partial charge in [-0.25, -0.2) is 0 Å². The van der Waals surface area contributed by atoms with Crippen LogP contribution in [0.1, 0.15) is 34.7 Å². The van der Waals surface area contributed by atoms with Gasteiger partial charge < -0.3 is 5.73 Å². The Morgan fingerprint density at radius 1 is 1.36 bits per heavy atom. The van der Waals surface area contributed by atoms with Gasteiger partial charge in [0, 0.05) is 11.8 Å². The lowest BCUT2D eigenvalue weighted by Crippen LogP contribution is -2.13. The Morgan fingerprint density at radius 2 is 2.14 bits per heavy atom. The molecule has 1 aromatic carbocycles. The maximum absolute atomic E-state index is 6.18. The van der Waals surface area contributed by atoms with Crippen LogP contribution in [0.5, 0.6) is 0 Å². The van der Waals surface area contributed by atoms with E-state index >= 15 is 0 Å². The molecule has 76 valence electrons. The molecule has 0 fully saturated rings. The second kappa shape index (κ2) is 3.95. The van der Waals surface area contributed by atoms with Gasteiger partial charge >= 0.3 is 0 Å². The van der Waals surface area contributed by atoms with Gasteiger partial charge in [-0.05, 0) is 42.7 Å². The summed E-state index contributed by atoms with van der Waals surface area (Å²) in [6.45, 7) is 4.34. The van der Waals surface area contributed by atoms with Gasteiger partial charge in [0.05, 0.1) is 0 Å². The number of fused-ring (bicyclic) bond motifs is 1. The van der Waals surface area contributed by atoms with E-state index < -0.39 is 0 Å². The van der Waals surface area contributed by atoms with Gasteiger partial charge in [-0.1, -0.05) is 17.7 Å². The zero-order chi connectivity index (χ0) is 10.1. The number of aryl methyl sites for hydroxylation is 2. The first-order chi connectivity index (χ1) is 6.68. The molecular formula is C12H17NS. The summed E-state index contributed by atoms with van der Waals surface area (Å²) in [6.07, 6.45) is 1.11. The second-order valence-electron chi connectivity index (χ2n) is 4.10. The molecule has 2 N–H and O–H groups in total. The third-order valence-electron chi connectivity index (χ3n) is 2.82. The van der Waals surface area contributed by atoms with E-state index in [4.69, 9.17) is 5.73 Å². The molecule has 14 heavy (non-hydrogen) atoms. The minimum Gasteiger partial charge on any atom is -0.324 e. The molecule has 1 heterocycles. The predicted octanol–water partition coefficient (Wildman–Crippen LogP) is 2.94. The zero-order valence-electron chi connectivity index (χ0n) is 8.84. The molecule has 0 saturated carbocycles. The minimum absolute atomic E-state index is 0.251. The Kier molecular flexibility index (Phi) is 2.84. The van der Waals surface area contributed by atoms with Crippen molar-refractivity contribution in [1.29, 1.82) is 0 Å². The number of rotatable bonds is 0. The summed E-state index contributed by atoms with van der Waals surface area (Å²) in [4.78, 5) is 0. The highest BCUT2D eigenvalue weighted by molar-refractivity contribution is 7.98. The molecule has 1 nitrogen and oxygen atoms in total. The smallest absolute Gasteiger partial charge is 0.0308 e. The van der Waals surface area contributed by atoms with Crippen LogP contribution in [0, 0.1) is 13.8 Å². The monoisotopic (exact) mass is 207 g/mol. The lowest BCUT2D eigenvalue weighted by molar-refractivity contribution is 0.700. The molecule has 0 spiro atoms. The number of nitrogens with two attached hydrogens (primary N) is 1. The minimum atomic E-state index is 0.251. The van der Waals surface area contributed by atoms with Gasteiger partial charge in [-0.2, -0.15) is 11.8 Å². The lowest BCUT2D eigenvalue weighted by Gasteiger charge is -2.16. The summed E-state index contributed by atoms with van der Waals surface area (Å²) in [7, 11) is 0. The Hall–Kier alpha value is -0.470. The summed E-state index contributed by atoms with van der Waals surface area (Å²) >= 11 is 2.00. The summed E-state index contributed by atoms with van der Waals surface area (Å²) in [5.74, 6) is 2.32. The predicted molar refractivity (Wildman–Crippen MR) is 63.6 cm³/mol. The van der Waals surface area contributed by atoms with E-state index in [1.54, 1.807) is 0 Å². The van der Waals surface area contributed by atoms with Crippen molar-refractivity contribution < 1.29 is 0 Å². The highest BCUT2D eigenvalue weighted by Crippen LogP contribution is 2.32. The number of hydrogen-bond acceptors (Lipinski definition) is 2. The van der Waals surface area contributed by atoms with Gasteiger partial charge in [-0.15, -0.1) is 0 Å². The number of hydrogen-bond donors (Lipinski definition) is 1. The molecule has 1 aromatic rings. The van der Waals surface area contributed by atoms with Crippen LogP contribution in [0.25, 0.3) is 0 Å². The van der Waals surface area contributed by atoms with Crippen molar-refractivity contribution in [3.8, 4) is 0 Å². The van der Waals surface area contributed by atoms with Gasteiger partial charge in [0.2, 0.25) is 0 Å². The van der Waals surface area contributed by atoms with Crippen molar-refractivity contribution in [2.24, 2.45) is 5.73 Å². The number of benzene rings is 1. The van der Waals surface area contributed by atoms with Crippen molar-refractivity contribution in [2.45, 2.75) is 32.1 Å². The van der Waals surface area contributed by atoms with Crippen LogP contribution in [0.3, 0.4) is 0 Å². The van der Waals surface area contributed by atoms with Crippen LogP contribution in [-0.4, -0.2) is 5.75 Å². The van der Waals surface area contributed by atoms with Crippen LogP contribution in [0.2, 0.25) is 0 Å². The summed E-state index contributed by atoms with van der Waals surface area (Å²) in [6, 6.07) is 4.79. The molecule has 2 rings (SSSR count). The Balaban J connectivity index is 2.53. The molecular weight excluding hydrogens is 190 g/mol. The average molecular weight is 207 g/mol. The summed E-state index contributed by atoms with van der Waals surface area (Å²) in [5, 5.41) is 0. The van der Waals surface area contributed by atoms with Crippen molar-refractivity contribution in [2.75, 3.05) is 5.75 Å². The molecule has 0 amide bonds. The van der Waals surface area contributed by atoms with Crippen molar-refractivity contribution in [1.82, 2.24) is 0 Å². The quantitative estimate of drug-likeness (QED) is 0.708. The molecule has 0 unspecified atom stereocenters. The van der Waals surface area contributed by atoms with Gasteiger partial charge in [0.1, 0.15) is 0 Å². The fourth-order valence-corrected chi connectivity index (χ4v) is 3.28. The van der Waals surface area contributed by atoms with Crippen LogP contribution in [0.4, 0.5) is 0 Å². The van der Waals surface area contributed by atoms with Crippen molar-refractivity contribution >= 4 is 11.8 Å². The first kappa shape index (κ1) is 10.1. The van der Waals surface area contributed by atoms with Crippen LogP contribution >= 0.6 is 11.8 Å². The Labute approximate surface area is 90.1 Å². The standard InChI is InChI=1S/C12H17NS/c1-8-5-9(2)12-10(6-8)7-14-4-3-11(12)13/h5-6,11H,3-4,7,13H2,1-2H3/t11-/m1/s1. The van der Waals surface area contributed by atoms with E-state index in [1.807, 2.05) is 11.8 Å². The van der Waals surface area contributed by atoms with E-state index in [0.717, 1.165) is 12.2 Å². The summed E-state index contributed by atoms with van der Waals surface area (Å²) < 4.78 is 0. The topological polar surface area (TPSA) is 26.0 Å². The molecule has 0 saturated heterocycles. The van der Waals surface area contributed by atoms with Crippen LogP contribution in [-0.2, 0) is 5.75 Å². The van der Waals surface area contributed by atoms with E-state index in [2.05, 4.69) is 26.0 Å². The summed E-state index contributed by atoms with van der Waals surface area (Å²) in [5.41, 5.74) is 11.8. The molecule has 0 aliphatic carbocycles. The molecule has 1 atom stereocenters. The van der Waals surface area contributed by atoms with E-state index in [1.165, 1.54) is 28.0 Å². The molecule has 2 heteroatoms.